The monoisotopic (exact) mass is 228 g/mol. The van der Waals surface area contributed by atoms with E-state index < -0.39 is 19.0 Å². The van der Waals surface area contributed by atoms with Gasteiger partial charge in [0.25, 0.3) is 6.43 Å². The van der Waals surface area contributed by atoms with Crippen molar-refractivity contribution in [2.24, 2.45) is 0 Å². The molecule has 1 rings (SSSR count). The van der Waals surface area contributed by atoms with E-state index in [4.69, 9.17) is 9.84 Å². The lowest BCUT2D eigenvalue weighted by Crippen LogP contribution is -2.07. The maximum absolute atomic E-state index is 11.9. The van der Waals surface area contributed by atoms with Gasteiger partial charge in [-0.15, -0.1) is 0 Å². The Balaban J connectivity index is 2.79. The topological polar surface area (TPSA) is 46.5 Å². The summed E-state index contributed by atoms with van der Waals surface area (Å²) in [6.07, 6.45) is -0.343. The number of aliphatic carboxylic acids is 1. The zero-order valence-corrected chi connectivity index (χ0v) is 8.27. The second-order valence-corrected chi connectivity index (χ2v) is 2.91. The van der Waals surface area contributed by atoms with Crippen molar-refractivity contribution in [3.05, 3.63) is 35.9 Å². The van der Waals surface area contributed by atoms with E-state index in [0.29, 0.717) is 5.56 Å². The number of rotatable bonds is 5. The Morgan fingerprint density at radius 2 is 2.12 bits per heavy atom. The quantitative estimate of drug-likeness (QED) is 0.787. The van der Waals surface area contributed by atoms with Crippen molar-refractivity contribution in [2.75, 3.05) is 6.61 Å². The van der Waals surface area contributed by atoms with E-state index >= 15 is 0 Å². The molecule has 0 saturated carbocycles. The van der Waals surface area contributed by atoms with Crippen LogP contribution in [0.3, 0.4) is 0 Å². The van der Waals surface area contributed by atoms with E-state index in [-0.39, 0.29) is 5.75 Å². The van der Waals surface area contributed by atoms with Crippen molar-refractivity contribution in [1.29, 1.82) is 0 Å². The first-order valence-electron chi connectivity index (χ1n) is 4.50. The van der Waals surface area contributed by atoms with Gasteiger partial charge in [0, 0.05) is 11.6 Å². The molecule has 0 unspecified atom stereocenters. The van der Waals surface area contributed by atoms with Crippen LogP contribution in [-0.4, -0.2) is 24.1 Å². The van der Waals surface area contributed by atoms with Gasteiger partial charge in [-0.25, -0.2) is 13.6 Å². The molecule has 3 nitrogen and oxygen atoms in total. The summed E-state index contributed by atoms with van der Waals surface area (Å²) >= 11 is 0. The van der Waals surface area contributed by atoms with Crippen molar-refractivity contribution in [3.8, 4) is 5.75 Å². The molecule has 0 aliphatic carbocycles. The molecule has 16 heavy (non-hydrogen) atoms. The van der Waals surface area contributed by atoms with Gasteiger partial charge in [-0.3, -0.25) is 0 Å². The van der Waals surface area contributed by atoms with Gasteiger partial charge in [0.2, 0.25) is 0 Å². The maximum atomic E-state index is 11.9. The van der Waals surface area contributed by atoms with Gasteiger partial charge in [-0.05, 0) is 12.1 Å². The number of halogens is 2. The predicted molar refractivity (Wildman–Crippen MR) is 54.6 cm³/mol. The lowest BCUT2D eigenvalue weighted by atomic mass is 10.2. The molecule has 5 heteroatoms. The molecular formula is C11H10F2O3. The molecule has 0 spiro atoms. The summed E-state index contributed by atoms with van der Waals surface area (Å²) in [5.41, 5.74) is 0.450. The fourth-order valence-electron chi connectivity index (χ4n) is 1.06. The summed E-state index contributed by atoms with van der Waals surface area (Å²) in [5.74, 6) is -0.871. The summed E-state index contributed by atoms with van der Waals surface area (Å²) in [6.45, 7) is -0.710. The molecule has 86 valence electrons. The highest BCUT2D eigenvalue weighted by molar-refractivity contribution is 5.85. The normalized spacial score (nSPS) is 10.9. The van der Waals surface area contributed by atoms with Crippen LogP contribution >= 0.6 is 0 Å². The summed E-state index contributed by atoms with van der Waals surface area (Å²) in [7, 11) is 0. The van der Waals surface area contributed by atoms with E-state index in [9.17, 15) is 13.6 Å². The number of para-hydroxylation sites is 1. The third-order valence-corrected chi connectivity index (χ3v) is 1.69. The van der Waals surface area contributed by atoms with E-state index in [1.54, 1.807) is 18.2 Å². The Morgan fingerprint density at radius 1 is 1.44 bits per heavy atom. The number of hydrogen-bond acceptors (Lipinski definition) is 2. The minimum atomic E-state index is -2.56. The number of carbonyl (C=O) groups is 1. The predicted octanol–water partition coefficient (Wildman–Crippen LogP) is 2.43. The first kappa shape index (κ1) is 12.2. The van der Waals surface area contributed by atoms with Crippen LogP contribution in [0.2, 0.25) is 0 Å². The van der Waals surface area contributed by atoms with E-state index in [1.165, 1.54) is 12.1 Å². The van der Waals surface area contributed by atoms with E-state index in [1.807, 2.05) is 0 Å². The molecule has 1 aromatic carbocycles. The molecule has 0 bridgehead atoms. The largest absolute Gasteiger partial charge is 0.487 e. The van der Waals surface area contributed by atoms with Crippen LogP contribution in [0.1, 0.15) is 5.56 Å². The number of carboxylic acid groups (broad SMARTS) is 1. The Kier molecular flexibility index (Phi) is 4.44. The molecule has 0 aromatic heterocycles. The molecule has 0 aliphatic rings. The molecule has 0 aliphatic heterocycles. The summed E-state index contributed by atoms with van der Waals surface area (Å²) < 4.78 is 28.7. The molecule has 0 heterocycles. The van der Waals surface area contributed by atoms with Gasteiger partial charge < -0.3 is 9.84 Å². The lowest BCUT2D eigenvalue weighted by Gasteiger charge is -2.07. The molecular weight excluding hydrogens is 218 g/mol. The molecule has 0 saturated heterocycles. The Bertz CT molecular complexity index is 389. The highest BCUT2D eigenvalue weighted by atomic mass is 19.3. The second kappa shape index (κ2) is 5.85. The summed E-state index contributed by atoms with van der Waals surface area (Å²) in [4.78, 5) is 10.3. The third kappa shape index (κ3) is 4.08. The van der Waals surface area contributed by atoms with E-state index in [0.717, 1.165) is 6.08 Å². The average Bonchev–Trinajstić information content (AvgIpc) is 2.24. The number of hydrogen-bond donors (Lipinski definition) is 1. The van der Waals surface area contributed by atoms with Gasteiger partial charge in [-0.2, -0.15) is 0 Å². The van der Waals surface area contributed by atoms with Crippen LogP contribution in [0.4, 0.5) is 8.78 Å². The van der Waals surface area contributed by atoms with E-state index in [2.05, 4.69) is 0 Å². The number of alkyl halides is 2. The SMILES string of the molecule is O=C(O)/C=C/c1ccccc1OCC(F)F. The van der Waals surface area contributed by atoms with Gasteiger partial charge >= 0.3 is 5.97 Å². The van der Waals surface area contributed by atoms with Crippen molar-refractivity contribution in [2.45, 2.75) is 6.43 Å². The number of benzene rings is 1. The van der Waals surface area contributed by atoms with Crippen molar-refractivity contribution < 1.29 is 23.4 Å². The minimum absolute atomic E-state index is 0.236. The highest BCUT2D eigenvalue weighted by Crippen LogP contribution is 2.19. The van der Waals surface area contributed by atoms with Crippen LogP contribution in [0.25, 0.3) is 6.08 Å². The first-order valence-corrected chi connectivity index (χ1v) is 4.50. The molecule has 0 fully saturated rings. The van der Waals surface area contributed by atoms with Crippen LogP contribution < -0.4 is 4.74 Å². The fourth-order valence-corrected chi connectivity index (χ4v) is 1.06. The number of ether oxygens (including phenoxy) is 1. The van der Waals surface area contributed by atoms with Crippen LogP contribution in [-0.2, 0) is 4.79 Å². The highest BCUT2D eigenvalue weighted by Gasteiger charge is 2.05. The summed E-state index contributed by atoms with van der Waals surface area (Å²) in [6, 6.07) is 6.37. The van der Waals surface area contributed by atoms with Gasteiger partial charge in [0.05, 0.1) is 0 Å². The Labute approximate surface area is 91.0 Å². The smallest absolute Gasteiger partial charge is 0.328 e. The van der Waals surface area contributed by atoms with Gasteiger partial charge in [-0.1, -0.05) is 18.2 Å². The lowest BCUT2D eigenvalue weighted by molar-refractivity contribution is -0.131. The van der Waals surface area contributed by atoms with Gasteiger partial charge in [0.1, 0.15) is 12.4 Å². The number of carboxylic acids is 1. The molecule has 0 amide bonds. The van der Waals surface area contributed by atoms with Crippen molar-refractivity contribution in [1.82, 2.24) is 0 Å². The van der Waals surface area contributed by atoms with Crippen LogP contribution in [0, 0.1) is 0 Å². The van der Waals surface area contributed by atoms with Gasteiger partial charge in [0.15, 0.2) is 0 Å². The third-order valence-electron chi connectivity index (χ3n) is 1.69. The second-order valence-electron chi connectivity index (χ2n) is 2.91. The van der Waals surface area contributed by atoms with Crippen molar-refractivity contribution in [3.63, 3.8) is 0 Å². The van der Waals surface area contributed by atoms with Crippen LogP contribution in [0.5, 0.6) is 5.75 Å². The van der Waals surface area contributed by atoms with Crippen LogP contribution in [0.15, 0.2) is 30.3 Å². The molecule has 1 aromatic rings. The molecule has 0 radical (unpaired) electrons. The molecule has 0 atom stereocenters. The first-order chi connectivity index (χ1) is 7.59. The minimum Gasteiger partial charge on any atom is -0.487 e. The Morgan fingerprint density at radius 3 is 2.75 bits per heavy atom. The average molecular weight is 228 g/mol. The maximum Gasteiger partial charge on any atom is 0.328 e. The zero-order chi connectivity index (χ0) is 12.0. The van der Waals surface area contributed by atoms with Crippen molar-refractivity contribution >= 4 is 12.0 Å². The standard InChI is InChI=1S/C11H10F2O3/c12-10(13)7-16-9-4-2-1-3-8(9)5-6-11(14)15/h1-6,10H,7H2,(H,14,15)/b6-5+. The fraction of sp³-hybridized carbons (Fsp3) is 0.182. The Hall–Kier alpha value is -1.91. The summed E-state index contributed by atoms with van der Waals surface area (Å²) in [5, 5.41) is 8.44. The zero-order valence-electron chi connectivity index (χ0n) is 8.27. The molecule has 1 N–H and O–H groups in total.